The Morgan fingerprint density at radius 3 is 2.62 bits per heavy atom. The van der Waals surface area contributed by atoms with Crippen LogP contribution in [0, 0.1) is 0 Å². The van der Waals surface area contributed by atoms with Gasteiger partial charge in [-0.1, -0.05) is 43.2 Å². The number of nitrogens with one attached hydrogen (secondary N) is 2. The molecule has 4 N–H and O–H groups in total. The number of hydrogen-bond donors (Lipinski definition) is 3. The number of anilines is 1. The number of imide groups is 1. The summed E-state index contributed by atoms with van der Waals surface area (Å²) in [5, 5.41) is 7.98. The number of fused-ring (bicyclic) bond motifs is 1. The van der Waals surface area contributed by atoms with Crippen LogP contribution in [-0.4, -0.2) is 45.8 Å². The topological polar surface area (TPSA) is 108 Å². The van der Waals surface area contributed by atoms with Crippen molar-refractivity contribution in [3.63, 3.8) is 0 Å². The number of amides is 3. The SMILES string of the molecule is NN(Cc1ccccc1)[C@H]1CCCC[C@@H]1Nc1ccc2c(c1)CN(C1CCC(=O)NC1=O)C2=O. The zero-order valence-electron chi connectivity index (χ0n) is 19.2. The Morgan fingerprint density at radius 1 is 1.03 bits per heavy atom. The number of carbonyl (C=O) groups excluding carboxylic acids is 3. The highest BCUT2D eigenvalue weighted by atomic mass is 16.2. The Labute approximate surface area is 199 Å². The number of nitrogens with zero attached hydrogens (tertiary/aromatic N) is 2. The Bertz CT molecular complexity index is 1090. The predicted molar refractivity (Wildman–Crippen MR) is 128 cm³/mol. The van der Waals surface area contributed by atoms with E-state index >= 15 is 0 Å². The van der Waals surface area contributed by atoms with Crippen molar-refractivity contribution in [3.05, 3.63) is 65.2 Å². The summed E-state index contributed by atoms with van der Waals surface area (Å²) in [6, 6.07) is 15.9. The minimum Gasteiger partial charge on any atom is -0.381 e. The molecule has 2 aliphatic heterocycles. The van der Waals surface area contributed by atoms with Crippen molar-refractivity contribution in [2.24, 2.45) is 5.84 Å². The first-order valence-electron chi connectivity index (χ1n) is 12.1. The van der Waals surface area contributed by atoms with Crippen molar-refractivity contribution in [1.29, 1.82) is 0 Å². The minimum absolute atomic E-state index is 0.150. The van der Waals surface area contributed by atoms with E-state index in [1.165, 1.54) is 5.56 Å². The van der Waals surface area contributed by atoms with Gasteiger partial charge in [-0.2, -0.15) is 0 Å². The van der Waals surface area contributed by atoms with E-state index in [1.807, 2.05) is 41.4 Å². The van der Waals surface area contributed by atoms with Crippen LogP contribution in [0.1, 0.15) is 60.0 Å². The fraction of sp³-hybridized carbons (Fsp3) is 0.423. The molecule has 3 amide bonds. The van der Waals surface area contributed by atoms with Crippen LogP contribution in [0.5, 0.6) is 0 Å². The number of piperidine rings is 1. The number of benzene rings is 2. The Kier molecular flexibility index (Phi) is 6.34. The molecule has 34 heavy (non-hydrogen) atoms. The molecule has 5 rings (SSSR count). The van der Waals surface area contributed by atoms with Gasteiger partial charge in [0.15, 0.2) is 0 Å². The van der Waals surface area contributed by atoms with Crippen LogP contribution in [-0.2, 0) is 22.7 Å². The molecule has 8 heteroatoms. The van der Waals surface area contributed by atoms with Crippen LogP contribution in [0.2, 0.25) is 0 Å². The molecular formula is C26H31N5O3. The van der Waals surface area contributed by atoms with Gasteiger partial charge in [0.2, 0.25) is 11.8 Å². The lowest BCUT2D eigenvalue weighted by molar-refractivity contribution is -0.136. The van der Waals surface area contributed by atoms with Crippen molar-refractivity contribution in [2.75, 3.05) is 5.32 Å². The van der Waals surface area contributed by atoms with Crippen LogP contribution in [0.25, 0.3) is 0 Å². The summed E-state index contributed by atoms with van der Waals surface area (Å²) in [5.74, 6) is 5.72. The Balaban J connectivity index is 1.28. The van der Waals surface area contributed by atoms with Crippen molar-refractivity contribution in [2.45, 2.75) is 69.7 Å². The second-order valence-electron chi connectivity index (χ2n) is 9.53. The molecule has 0 bridgehead atoms. The first-order chi connectivity index (χ1) is 16.5. The highest BCUT2D eigenvalue weighted by molar-refractivity contribution is 6.05. The molecule has 8 nitrogen and oxygen atoms in total. The van der Waals surface area contributed by atoms with Crippen LogP contribution in [0.4, 0.5) is 5.69 Å². The Hall–Kier alpha value is -3.23. The molecule has 0 spiro atoms. The fourth-order valence-electron chi connectivity index (χ4n) is 5.47. The predicted octanol–water partition coefficient (Wildman–Crippen LogP) is 2.55. The van der Waals surface area contributed by atoms with Gasteiger partial charge >= 0.3 is 0 Å². The molecule has 2 aromatic carbocycles. The normalized spacial score (nSPS) is 24.8. The number of carbonyl (C=O) groups is 3. The summed E-state index contributed by atoms with van der Waals surface area (Å²) >= 11 is 0. The molecule has 3 aliphatic rings. The zero-order valence-corrected chi connectivity index (χ0v) is 19.2. The average molecular weight is 462 g/mol. The molecule has 0 aromatic heterocycles. The molecule has 1 aliphatic carbocycles. The second kappa shape index (κ2) is 9.56. The van der Waals surface area contributed by atoms with Crippen LogP contribution < -0.4 is 16.5 Å². The first kappa shape index (κ1) is 22.6. The van der Waals surface area contributed by atoms with Crippen molar-refractivity contribution in [3.8, 4) is 0 Å². The zero-order chi connectivity index (χ0) is 23.7. The van der Waals surface area contributed by atoms with Gasteiger partial charge in [-0.15, -0.1) is 0 Å². The third kappa shape index (κ3) is 4.56. The van der Waals surface area contributed by atoms with E-state index in [4.69, 9.17) is 5.84 Å². The third-order valence-corrected chi connectivity index (χ3v) is 7.24. The van der Waals surface area contributed by atoms with Crippen molar-refractivity contribution < 1.29 is 14.4 Å². The maximum absolute atomic E-state index is 13.0. The molecule has 2 heterocycles. The van der Waals surface area contributed by atoms with Gasteiger partial charge in [0.25, 0.3) is 5.91 Å². The van der Waals surface area contributed by atoms with E-state index in [-0.39, 0.29) is 36.2 Å². The molecule has 178 valence electrons. The summed E-state index contributed by atoms with van der Waals surface area (Å²) in [5.41, 5.74) is 3.68. The summed E-state index contributed by atoms with van der Waals surface area (Å²) in [6.07, 6.45) is 5.00. The van der Waals surface area contributed by atoms with Gasteiger partial charge in [0.05, 0.1) is 0 Å². The van der Waals surface area contributed by atoms with Crippen molar-refractivity contribution in [1.82, 2.24) is 15.2 Å². The number of rotatable bonds is 6. The lowest BCUT2D eigenvalue weighted by atomic mass is 9.89. The van der Waals surface area contributed by atoms with Gasteiger partial charge < -0.3 is 10.2 Å². The largest absolute Gasteiger partial charge is 0.381 e. The third-order valence-electron chi connectivity index (χ3n) is 7.24. The highest BCUT2D eigenvalue weighted by Crippen LogP contribution is 2.31. The van der Waals surface area contributed by atoms with E-state index in [9.17, 15) is 14.4 Å². The second-order valence-corrected chi connectivity index (χ2v) is 9.53. The standard InChI is InChI=1S/C26H31N5O3/c27-31(15-17-6-2-1-3-7-17)22-9-5-4-8-21(22)28-19-10-11-20-18(14-19)16-30(26(20)34)23-12-13-24(32)29-25(23)33/h1-3,6-7,10-11,14,21-23,28H,4-5,8-9,12-13,15-16,27H2,(H,29,32,33)/t21-,22-,23?/m0/s1. The fourth-order valence-corrected chi connectivity index (χ4v) is 5.47. The van der Waals surface area contributed by atoms with Gasteiger partial charge in [-0.25, -0.2) is 5.01 Å². The molecule has 1 unspecified atom stereocenters. The lowest BCUT2D eigenvalue weighted by Crippen LogP contribution is -2.52. The van der Waals surface area contributed by atoms with E-state index < -0.39 is 6.04 Å². The van der Waals surface area contributed by atoms with E-state index in [0.29, 0.717) is 25.1 Å². The van der Waals surface area contributed by atoms with Gasteiger partial charge in [0, 0.05) is 42.8 Å². The van der Waals surface area contributed by atoms with E-state index in [1.54, 1.807) is 4.90 Å². The van der Waals surface area contributed by atoms with Gasteiger partial charge in [0.1, 0.15) is 6.04 Å². The molecule has 3 atom stereocenters. The Morgan fingerprint density at radius 2 is 1.82 bits per heavy atom. The number of nitrogens with two attached hydrogens (primary N) is 1. The summed E-state index contributed by atoms with van der Waals surface area (Å²) in [7, 11) is 0. The first-order valence-corrected chi connectivity index (χ1v) is 12.1. The maximum atomic E-state index is 13.0. The van der Waals surface area contributed by atoms with Crippen LogP contribution in [0.3, 0.4) is 0 Å². The molecular weight excluding hydrogens is 430 g/mol. The molecule has 0 radical (unpaired) electrons. The van der Waals surface area contributed by atoms with Gasteiger partial charge in [-0.05, 0) is 48.6 Å². The molecule has 2 aromatic rings. The lowest BCUT2D eigenvalue weighted by Gasteiger charge is -2.38. The average Bonchev–Trinajstić information content (AvgIpc) is 3.15. The molecule has 1 saturated heterocycles. The molecule has 2 fully saturated rings. The smallest absolute Gasteiger partial charge is 0.255 e. The number of hydrogen-bond acceptors (Lipinski definition) is 6. The number of hydrazine groups is 1. The quantitative estimate of drug-likeness (QED) is 0.347. The molecule has 1 saturated carbocycles. The summed E-state index contributed by atoms with van der Waals surface area (Å²) in [4.78, 5) is 38.3. The summed E-state index contributed by atoms with van der Waals surface area (Å²) in [6.45, 7) is 1.07. The van der Waals surface area contributed by atoms with Crippen LogP contribution >= 0.6 is 0 Å². The minimum atomic E-state index is -0.597. The maximum Gasteiger partial charge on any atom is 0.255 e. The van der Waals surface area contributed by atoms with Gasteiger partial charge in [-0.3, -0.25) is 25.5 Å². The van der Waals surface area contributed by atoms with E-state index in [0.717, 1.165) is 36.9 Å². The highest BCUT2D eigenvalue weighted by Gasteiger charge is 2.39. The van der Waals surface area contributed by atoms with E-state index in [2.05, 4.69) is 22.8 Å². The van der Waals surface area contributed by atoms with Crippen LogP contribution in [0.15, 0.2) is 48.5 Å². The van der Waals surface area contributed by atoms with Crippen molar-refractivity contribution >= 4 is 23.4 Å². The monoisotopic (exact) mass is 461 g/mol. The summed E-state index contributed by atoms with van der Waals surface area (Å²) < 4.78 is 0.